The number of rotatable bonds is 8. The van der Waals surface area contributed by atoms with Gasteiger partial charge in [0.2, 0.25) is 11.8 Å². The predicted octanol–water partition coefficient (Wildman–Crippen LogP) is 2.14. The minimum absolute atomic E-state index is 0.00117. The molecule has 2 rings (SSSR count). The van der Waals surface area contributed by atoms with Gasteiger partial charge in [-0.15, -0.1) is 0 Å². The lowest BCUT2D eigenvalue weighted by Gasteiger charge is -2.36. The van der Waals surface area contributed by atoms with Crippen molar-refractivity contribution in [1.82, 2.24) is 15.5 Å². The van der Waals surface area contributed by atoms with Gasteiger partial charge < -0.3 is 20.3 Å². The molecule has 30 heavy (non-hydrogen) atoms. The molecule has 1 aromatic rings. The van der Waals surface area contributed by atoms with Crippen molar-refractivity contribution >= 4 is 17.7 Å². The minimum atomic E-state index is -0.641. The Labute approximate surface area is 179 Å². The van der Waals surface area contributed by atoms with Crippen LogP contribution in [0.5, 0.6) is 0 Å². The summed E-state index contributed by atoms with van der Waals surface area (Å²) in [5, 5.41) is 6.03. The number of aryl methyl sites for hydroxylation is 1. The summed E-state index contributed by atoms with van der Waals surface area (Å²) in [4.78, 5) is 39.9. The quantitative estimate of drug-likeness (QED) is 0.678. The maximum atomic E-state index is 13.1. The van der Waals surface area contributed by atoms with Crippen molar-refractivity contribution in [3.63, 3.8) is 0 Å². The third kappa shape index (κ3) is 6.29. The highest BCUT2D eigenvalue weighted by Crippen LogP contribution is 2.22. The number of benzene rings is 1. The summed E-state index contributed by atoms with van der Waals surface area (Å²) in [6.45, 7) is 9.11. The van der Waals surface area contributed by atoms with E-state index in [9.17, 15) is 14.4 Å². The molecule has 0 spiro atoms. The van der Waals surface area contributed by atoms with Crippen molar-refractivity contribution in [2.24, 2.45) is 11.8 Å². The number of nitrogens with one attached hydrogen (secondary N) is 2. The maximum absolute atomic E-state index is 13.1. The highest BCUT2D eigenvalue weighted by molar-refractivity contribution is 5.98. The summed E-state index contributed by atoms with van der Waals surface area (Å²) in [5.74, 6) is -0.212. The maximum Gasteiger partial charge on any atom is 0.252 e. The van der Waals surface area contributed by atoms with E-state index in [1.54, 1.807) is 11.0 Å². The van der Waals surface area contributed by atoms with Crippen molar-refractivity contribution in [2.45, 2.75) is 52.6 Å². The van der Waals surface area contributed by atoms with Gasteiger partial charge in [-0.2, -0.15) is 0 Å². The van der Waals surface area contributed by atoms with Crippen LogP contribution < -0.4 is 10.6 Å². The number of carbonyl (C=O) groups excluding carboxylic acids is 3. The smallest absolute Gasteiger partial charge is 0.252 e. The summed E-state index contributed by atoms with van der Waals surface area (Å²) in [6.07, 6.45) is 1.30. The average Bonchev–Trinajstić information content (AvgIpc) is 2.72. The van der Waals surface area contributed by atoms with Crippen LogP contribution in [0.15, 0.2) is 24.3 Å². The molecule has 166 valence electrons. The van der Waals surface area contributed by atoms with E-state index in [4.69, 9.17) is 4.74 Å². The molecule has 7 nitrogen and oxygen atoms in total. The molecule has 0 aliphatic carbocycles. The van der Waals surface area contributed by atoms with Gasteiger partial charge in [0.1, 0.15) is 12.6 Å². The van der Waals surface area contributed by atoms with Crippen LogP contribution >= 0.6 is 0 Å². The van der Waals surface area contributed by atoms with Crippen LogP contribution in [0.1, 0.15) is 49.5 Å². The zero-order valence-electron chi connectivity index (χ0n) is 18.7. The molecule has 1 fully saturated rings. The summed E-state index contributed by atoms with van der Waals surface area (Å²) < 4.78 is 4.94. The van der Waals surface area contributed by atoms with Gasteiger partial charge in [-0.3, -0.25) is 14.4 Å². The van der Waals surface area contributed by atoms with E-state index in [2.05, 4.69) is 10.6 Å². The molecule has 1 saturated heterocycles. The first-order valence-electron chi connectivity index (χ1n) is 10.7. The normalized spacial score (nSPS) is 16.8. The number of carbonyl (C=O) groups is 3. The Bertz CT molecular complexity index is 742. The van der Waals surface area contributed by atoms with Crippen molar-refractivity contribution < 1.29 is 19.1 Å². The van der Waals surface area contributed by atoms with E-state index >= 15 is 0 Å². The van der Waals surface area contributed by atoms with E-state index in [0.29, 0.717) is 31.5 Å². The number of amides is 3. The molecule has 0 unspecified atom stereocenters. The molecule has 1 aromatic carbocycles. The molecule has 3 amide bonds. The SMILES string of the molecule is COCC(=O)N1CCC([C@H](NC(=O)c2ccccc2C)C(=O)N[C@@H](C)C(C)C)CC1. The molecular formula is C23H35N3O4. The molecule has 0 bridgehead atoms. The van der Waals surface area contributed by atoms with Crippen LogP contribution in [0.25, 0.3) is 0 Å². The molecular weight excluding hydrogens is 382 g/mol. The Morgan fingerprint density at radius 1 is 1.10 bits per heavy atom. The van der Waals surface area contributed by atoms with Crippen molar-refractivity contribution in [3.8, 4) is 0 Å². The zero-order valence-corrected chi connectivity index (χ0v) is 18.7. The number of hydrogen-bond acceptors (Lipinski definition) is 4. The largest absolute Gasteiger partial charge is 0.375 e. The monoisotopic (exact) mass is 417 g/mol. The van der Waals surface area contributed by atoms with Gasteiger partial charge in [-0.1, -0.05) is 32.0 Å². The molecule has 0 saturated carbocycles. The van der Waals surface area contributed by atoms with Crippen LogP contribution in [0.4, 0.5) is 0 Å². The lowest BCUT2D eigenvalue weighted by molar-refractivity contribution is -0.136. The summed E-state index contributed by atoms with van der Waals surface area (Å²) in [6, 6.07) is 6.70. The van der Waals surface area contributed by atoms with Crippen LogP contribution in [-0.4, -0.2) is 61.5 Å². The fourth-order valence-electron chi connectivity index (χ4n) is 3.62. The summed E-state index contributed by atoms with van der Waals surface area (Å²) in [5.41, 5.74) is 1.43. The lowest BCUT2D eigenvalue weighted by atomic mass is 9.88. The molecule has 0 aromatic heterocycles. The fourth-order valence-corrected chi connectivity index (χ4v) is 3.62. The molecule has 0 radical (unpaired) electrons. The third-order valence-electron chi connectivity index (χ3n) is 5.96. The van der Waals surface area contributed by atoms with E-state index in [1.807, 2.05) is 45.9 Å². The number of ether oxygens (including phenoxy) is 1. The summed E-state index contributed by atoms with van der Waals surface area (Å²) >= 11 is 0. The van der Waals surface area contributed by atoms with Crippen LogP contribution in [-0.2, 0) is 14.3 Å². The second-order valence-electron chi connectivity index (χ2n) is 8.46. The van der Waals surface area contributed by atoms with E-state index in [-0.39, 0.29) is 42.2 Å². The predicted molar refractivity (Wildman–Crippen MR) is 116 cm³/mol. The van der Waals surface area contributed by atoms with Crippen molar-refractivity contribution in [2.75, 3.05) is 26.8 Å². The van der Waals surface area contributed by atoms with E-state index < -0.39 is 6.04 Å². The minimum Gasteiger partial charge on any atom is -0.375 e. The fraction of sp³-hybridized carbons (Fsp3) is 0.609. The van der Waals surface area contributed by atoms with E-state index in [0.717, 1.165) is 5.56 Å². The number of nitrogens with zero attached hydrogens (tertiary/aromatic N) is 1. The molecule has 1 heterocycles. The standard InChI is InChI=1S/C23H35N3O4/c1-15(2)17(4)24-23(29)21(25-22(28)19-9-7-6-8-16(19)3)18-10-12-26(13-11-18)20(27)14-30-5/h6-9,15,17-18,21H,10-14H2,1-5H3,(H,24,29)(H,25,28)/t17-,21-/m0/s1. The lowest BCUT2D eigenvalue weighted by Crippen LogP contribution is -2.55. The van der Waals surface area contributed by atoms with Gasteiger partial charge in [0.15, 0.2) is 0 Å². The van der Waals surface area contributed by atoms with Gasteiger partial charge in [0.05, 0.1) is 0 Å². The Balaban J connectivity index is 2.13. The number of methoxy groups -OCH3 is 1. The Morgan fingerprint density at radius 3 is 2.30 bits per heavy atom. The Morgan fingerprint density at radius 2 is 1.73 bits per heavy atom. The highest BCUT2D eigenvalue weighted by atomic mass is 16.5. The number of hydrogen-bond donors (Lipinski definition) is 2. The van der Waals surface area contributed by atoms with Crippen LogP contribution in [0.2, 0.25) is 0 Å². The molecule has 2 atom stereocenters. The molecule has 7 heteroatoms. The summed E-state index contributed by atoms with van der Waals surface area (Å²) in [7, 11) is 1.50. The van der Waals surface area contributed by atoms with Gasteiger partial charge in [0, 0.05) is 31.8 Å². The molecule has 2 N–H and O–H groups in total. The van der Waals surface area contributed by atoms with Gasteiger partial charge in [0.25, 0.3) is 5.91 Å². The Hall–Kier alpha value is -2.41. The second-order valence-corrected chi connectivity index (χ2v) is 8.46. The molecule has 1 aliphatic heterocycles. The van der Waals surface area contributed by atoms with Crippen molar-refractivity contribution in [3.05, 3.63) is 35.4 Å². The first-order valence-corrected chi connectivity index (χ1v) is 10.7. The van der Waals surface area contributed by atoms with Crippen molar-refractivity contribution in [1.29, 1.82) is 0 Å². The average molecular weight is 418 g/mol. The van der Waals surface area contributed by atoms with Crippen LogP contribution in [0, 0.1) is 18.8 Å². The number of likely N-dealkylation sites (tertiary alicyclic amines) is 1. The molecule has 1 aliphatic rings. The van der Waals surface area contributed by atoms with E-state index in [1.165, 1.54) is 7.11 Å². The third-order valence-corrected chi connectivity index (χ3v) is 5.96. The second kappa shape index (κ2) is 11.1. The first kappa shape index (κ1) is 23.9. The number of piperidine rings is 1. The first-order chi connectivity index (χ1) is 14.2. The topological polar surface area (TPSA) is 87.7 Å². The van der Waals surface area contributed by atoms with Gasteiger partial charge in [-0.05, 0) is 50.2 Å². The highest BCUT2D eigenvalue weighted by Gasteiger charge is 2.34. The van der Waals surface area contributed by atoms with Crippen LogP contribution in [0.3, 0.4) is 0 Å². The van der Waals surface area contributed by atoms with Gasteiger partial charge >= 0.3 is 0 Å². The zero-order chi connectivity index (χ0) is 22.3. The van der Waals surface area contributed by atoms with Gasteiger partial charge in [-0.25, -0.2) is 0 Å². The Kier molecular flexibility index (Phi) is 8.84.